The average molecular weight is 214 g/mol. The lowest BCUT2D eigenvalue weighted by atomic mass is 10.0. The summed E-state index contributed by atoms with van der Waals surface area (Å²) in [4.78, 5) is 11.8. The number of carbonyl (C=O) groups excluding carboxylic acids is 1. The molecular formula is C11H22N2O2. The lowest BCUT2D eigenvalue weighted by Gasteiger charge is -2.26. The smallest absolute Gasteiger partial charge is 0.237 e. The maximum Gasteiger partial charge on any atom is 0.237 e. The zero-order valence-electron chi connectivity index (χ0n) is 9.62. The van der Waals surface area contributed by atoms with Gasteiger partial charge in [-0.2, -0.15) is 0 Å². The van der Waals surface area contributed by atoms with Crippen molar-refractivity contribution in [2.45, 2.75) is 45.2 Å². The predicted molar refractivity (Wildman–Crippen MR) is 59.5 cm³/mol. The molecule has 1 heterocycles. The van der Waals surface area contributed by atoms with Gasteiger partial charge in [0, 0.05) is 0 Å². The first-order chi connectivity index (χ1) is 7.15. The maximum absolute atomic E-state index is 11.8. The summed E-state index contributed by atoms with van der Waals surface area (Å²) in [5.74, 6) is 0.296. The summed E-state index contributed by atoms with van der Waals surface area (Å²) in [7, 11) is 0. The third kappa shape index (κ3) is 3.80. The molecule has 4 nitrogen and oxygen atoms in total. The zero-order valence-corrected chi connectivity index (χ0v) is 9.62. The van der Waals surface area contributed by atoms with E-state index in [1.807, 2.05) is 13.8 Å². The van der Waals surface area contributed by atoms with E-state index in [1.54, 1.807) is 0 Å². The van der Waals surface area contributed by atoms with Crippen LogP contribution in [0.4, 0.5) is 0 Å². The van der Waals surface area contributed by atoms with Gasteiger partial charge in [-0.3, -0.25) is 4.79 Å². The van der Waals surface area contributed by atoms with Gasteiger partial charge in [-0.05, 0) is 25.3 Å². The van der Waals surface area contributed by atoms with Crippen molar-refractivity contribution in [1.29, 1.82) is 0 Å². The molecule has 0 aromatic carbocycles. The van der Waals surface area contributed by atoms with Gasteiger partial charge in [0.2, 0.25) is 5.91 Å². The molecule has 88 valence electrons. The second-order valence-corrected chi connectivity index (χ2v) is 4.54. The third-order valence-corrected chi connectivity index (χ3v) is 2.96. The van der Waals surface area contributed by atoms with Crippen LogP contribution in [0, 0.1) is 5.92 Å². The summed E-state index contributed by atoms with van der Waals surface area (Å²) < 4.78 is 0. The summed E-state index contributed by atoms with van der Waals surface area (Å²) in [5, 5.41) is 15.2. The van der Waals surface area contributed by atoms with Crippen molar-refractivity contribution in [3.63, 3.8) is 0 Å². The number of aliphatic hydroxyl groups excluding tert-OH is 1. The van der Waals surface area contributed by atoms with Crippen LogP contribution in [0.1, 0.15) is 33.1 Å². The van der Waals surface area contributed by atoms with Gasteiger partial charge in [0.05, 0.1) is 18.7 Å². The lowest BCUT2D eigenvalue weighted by Crippen LogP contribution is -2.51. The number of nitrogens with one attached hydrogen (secondary N) is 2. The molecule has 0 aromatic rings. The SMILES string of the molecule is CC(C)C(CO)NC(=O)[C@H]1CCCCN1. The summed E-state index contributed by atoms with van der Waals surface area (Å²) in [6.07, 6.45) is 3.16. The molecule has 0 aliphatic carbocycles. The van der Waals surface area contributed by atoms with Crippen LogP contribution in [-0.2, 0) is 4.79 Å². The van der Waals surface area contributed by atoms with Crippen molar-refractivity contribution in [3.8, 4) is 0 Å². The summed E-state index contributed by atoms with van der Waals surface area (Å²) in [6, 6.07) is -0.187. The van der Waals surface area contributed by atoms with E-state index in [2.05, 4.69) is 10.6 Å². The number of aliphatic hydroxyl groups is 1. The molecule has 0 bridgehead atoms. The topological polar surface area (TPSA) is 61.4 Å². The quantitative estimate of drug-likeness (QED) is 0.629. The van der Waals surface area contributed by atoms with Crippen molar-refractivity contribution >= 4 is 5.91 Å². The monoisotopic (exact) mass is 214 g/mol. The van der Waals surface area contributed by atoms with Crippen LogP contribution in [-0.4, -0.2) is 36.2 Å². The highest BCUT2D eigenvalue weighted by atomic mass is 16.3. The van der Waals surface area contributed by atoms with Crippen molar-refractivity contribution in [2.24, 2.45) is 5.92 Å². The molecule has 2 atom stereocenters. The molecular weight excluding hydrogens is 192 g/mol. The van der Waals surface area contributed by atoms with Crippen molar-refractivity contribution < 1.29 is 9.90 Å². The molecule has 4 heteroatoms. The van der Waals surface area contributed by atoms with E-state index < -0.39 is 0 Å². The van der Waals surface area contributed by atoms with E-state index in [9.17, 15) is 4.79 Å². The Balaban J connectivity index is 2.38. The Morgan fingerprint density at radius 3 is 2.73 bits per heavy atom. The molecule has 0 spiro atoms. The molecule has 1 fully saturated rings. The Labute approximate surface area is 91.4 Å². The number of amides is 1. The van der Waals surface area contributed by atoms with E-state index in [0.29, 0.717) is 0 Å². The number of piperidine rings is 1. The second-order valence-electron chi connectivity index (χ2n) is 4.54. The Bertz CT molecular complexity index is 201. The Kier molecular flexibility index (Phi) is 5.05. The fourth-order valence-corrected chi connectivity index (χ4v) is 1.78. The Morgan fingerprint density at radius 1 is 1.53 bits per heavy atom. The van der Waals surface area contributed by atoms with Crippen molar-refractivity contribution in [1.82, 2.24) is 10.6 Å². The van der Waals surface area contributed by atoms with Crippen LogP contribution in [0.25, 0.3) is 0 Å². The van der Waals surface area contributed by atoms with Crippen LogP contribution in [0.15, 0.2) is 0 Å². The van der Waals surface area contributed by atoms with Gasteiger partial charge in [-0.15, -0.1) is 0 Å². The summed E-state index contributed by atoms with van der Waals surface area (Å²) >= 11 is 0. The molecule has 0 radical (unpaired) electrons. The molecule has 1 saturated heterocycles. The lowest BCUT2D eigenvalue weighted by molar-refractivity contribution is -0.125. The molecule has 1 unspecified atom stereocenters. The number of hydrogen-bond donors (Lipinski definition) is 3. The first-order valence-corrected chi connectivity index (χ1v) is 5.79. The molecule has 0 saturated carbocycles. The standard InChI is InChI=1S/C11H22N2O2/c1-8(2)10(7-14)13-11(15)9-5-3-4-6-12-9/h8-10,12,14H,3-7H2,1-2H3,(H,13,15)/t9-,10?/m1/s1. The van der Waals surface area contributed by atoms with Crippen molar-refractivity contribution in [3.05, 3.63) is 0 Å². The van der Waals surface area contributed by atoms with Gasteiger partial charge >= 0.3 is 0 Å². The van der Waals surface area contributed by atoms with Crippen LogP contribution < -0.4 is 10.6 Å². The predicted octanol–water partition coefficient (Wildman–Crippen LogP) is 0.262. The Hall–Kier alpha value is -0.610. The molecule has 1 amide bonds. The molecule has 1 aliphatic heterocycles. The highest BCUT2D eigenvalue weighted by Gasteiger charge is 2.23. The van der Waals surface area contributed by atoms with Gasteiger partial charge in [0.1, 0.15) is 0 Å². The van der Waals surface area contributed by atoms with E-state index >= 15 is 0 Å². The van der Waals surface area contributed by atoms with Crippen molar-refractivity contribution in [2.75, 3.05) is 13.2 Å². The van der Waals surface area contributed by atoms with E-state index in [-0.39, 0.29) is 30.5 Å². The minimum atomic E-state index is -0.124. The first-order valence-electron chi connectivity index (χ1n) is 5.79. The molecule has 1 aliphatic rings. The van der Waals surface area contributed by atoms with Crippen LogP contribution >= 0.6 is 0 Å². The largest absolute Gasteiger partial charge is 0.394 e. The number of carbonyl (C=O) groups is 1. The molecule has 0 aromatic heterocycles. The van der Waals surface area contributed by atoms with E-state index in [0.717, 1.165) is 25.8 Å². The Morgan fingerprint density at radius 2 is 2.27 bits per heavy atom. The van der Waals surface area contributed by atoms with Gasteiger partial charge < -0.3 is 15.7 Å². The minimum absolute atomic E-state index is 0.0100. The average Bonchev–Trinajstić information content (AvgIpc) is 2.26. The van der Waals surface area contributed by atoms with Crippen LogP contribution in [0.5, 0.6) is 0 Å². The molecule has 15 heavy (non-hydrogen) atoms. The highest BCUT2D eigenvalue weighted by molar-refractivity contribution is 5.82. The van der Waals surface area contributed by atoms with Gasteiger partial charge in [0.15, 0.2) is 0 Å². The van der Waals surface area contributed by atoms with Crippen LogP contribution in [0.2, 0.25) is 0 Å². The van der Waals surface area contributed by atoms with Gasteiger partial charge in [0.25, 0.3) is 0 Å². The summed E-state index contributed by atoms with van der Waals surface area (Å²) in [5.41, 5.74) is 0. The highest BCUT2D eigenvalue weighted by Crippen LogP contribution is 2.08. The fourth-order valence-electron chi connectivity index (χ4n) is 1.78. The minimum Gasteiger partial charge on any atom is -0.394 e. The fraction of sp³-hybridized carbons (Fsp3) is 0.909. The zero-order chi connectivity index (χ0) is 11.3. The third-order valence-electron chi connectivity index (χ3n) is 2.96. The molecule has 3 N–H and O–H groups in total. The normalized spacial score (nSPS) is 23.9. The van der Waals surface area contributed by atoms with E-state index in [4.69, 9.17) is 5.11 Å². The molecule has 1 rings (SSSR count). The summed E-state index contributed by atoms with van der Waals surface area (Å²) in [6.45, 7) is 4.92. The number of hydrogen-bond acceptors (Lipinski definition) is 3. The first kappa shape index (κ1) is 12.5. The van der Waals surface area contributed by atoms with E-state index in [1.165, 1.54) is 0 Å². The number of rotatable bonds is 4. The van der Waals surface area contributed by atoms with Gasteiger partial charge in [-0.25, -0.2) is 0 Å². The second kappa shape index (κ2) is 6.08. The van der Waals surface area contributed by atoms with Gasteiger partial charge in [-0.1, -0.05) is 20.3 Å². The maximum atomic E-state index is 11.8. The van der Waals surface area contributed by atoms with Crippen LogP contribution in [0.3, 0.4) is 0 Å².